The van der Waals surface area contributed by atoms with Gasteiger partial charge in [-0.25, -0.2) is 8.42 Å². The van der Waals surface area contributed by atoms with Gasteiger partial charge in [0.15, 0.2) is 0 Å². The van der Waals surface area contributed by atoms with Crippen LogP contribution < -0.4 is 4.74 Å². The van der Waals surface area contributed by atoms with E-state index < -0.39 is 9.05 Å². The van der Waals surface area contributed by atoms with E-state index in [-0.39, 0.29) is 4.90 Å². The summed E-state index contributed by atoms with van der Waals surface area (Å²) in [4.78, 5) is 0.0607. The smallest absolute Gasteiger partial charge is 0.261 e. The average Bonchev–Trinajstić information content (AvgIpc) is 2.24. The molecular weight excluding hydrogens is 340 g/mol. The summed E-state index contributed by atoms with van der Waals surface area (Å²) in [5.74, 6) is 1.28. The summed E-state index contributed by atoms with van der Waals surface area (Å²) in [6.07, 6.45) is 2.07. The first-order chi connectivity index (χ1) is 8.30. The highest BCUT2D eigenvalue weighted by molar-refractivity contribution is 9.10. The Hall–Kier alpha value is -0.260. The summed E-state index contributed by atoms with van der Waals surface area (Å²) in [5, 5.41) is 0. The summed E-state index contributed by atoms with van der Waals surface area (Å²) >= 11 is 3.27. The molecule has 0 aromatic heterocycles. The monoisotopic (exact) mass is 354 g/mol. The molecule has 0 amide bonds. The number of halogens is 2. The number of ether oxygens (including phenoxy) is 1. The van der Waals surface area contributed by atoms with E-state index in [1.807, 2.05) is 0 Å². The number of hydrogen-bond acceptors (Lipinski definition) is 3. The van der Waals surface area contributed by atoms with Gasteiger partial charge in [0, 0.05) is 10.7 Å². The lowest BCUT2D eigenvalue weighted by atomic mass is 10.1. The Morgan fingerprint density at radius 2 is 2.06 bits per heavy atom. The van der Waals surface area contributed by atoms with Crippen LogP contribution in [-0.4, -0.2) is 15.0 Å². The van der Waals surface area contributed by atoms with Gasteiger partial charge in [0.2, 0.25) is 0 Å². The molecule has 0 saturated heterocycles. The van der Waals surface area contributed by atoms with Crippen LogP contribution in [0.25, 0.3) is 0 Å². The molecule has 0 atom stereocenters. The molecule has 3 nitrogen and oxygen atoms in total. The Kier molecular flexibility index (Phi) is 5.95. The van der Waals surface area contributed by atoms with E-state index in [0.29, 0.717) is 22.7 Å². The predicted molar refractivity (Wildman–Crippen MR) is 76.7 cm³/mol. The normalized spacial score (nSPS) is 11.8. The maximum atomic E-state index is 11.1. The largest absolute Gasteiger partial charge is 0.492 e. The first-order valence-corrected chi connectivity index (χ1v) is 8.78. The maximum Gasteiger partial charge on any atom is 0.261 e. The molecule has 0 unspecified atom stereocenters. The third-order valence-electron chi connectivity index (χ3n) is 2.37. The molecule has 0 aliphatic carbocycles. The molecule has 0 fully saturated rings. The van der Waals surface area contributed by atoms with Gasteiger partial charge in [-0.05, 0) is 52.9 Å². The molecule has 18 heavy (non-hydrogen) atoms. The van der Waals surface area contributed by atoms with Gasteiger partial charge in [-0.15, -0.1) is 0 Å². The van der Waals surface area contributed by atoms with Crippen LogP contribution in [0.4, 0.5) is 0 Å². The summed E-state index contributed by atoms with van der Waals surface area (Å²) < 4.78 is 28.4. The van der Waals surface area contributed by atoms with Crippen LogP contribution in [0.3, 0.4) is 0 Å². The minimum atomic E-state index is -3.69. The highest BCUT2D eigenvalue weighted by Gasteiger charge is 2.12. The van der Waals surface area contributed by atoms with Crippen molar-refractivity contribution in [3.8, 4) is 5.75 Å². The van der Waals surface area contributed by atoms with E-state index in [4.69, 9.17) is 15.4 Å². The zero-order valence-corrected chi connectivity index (χ0v) is 13.5. The summed E-state index contributed by atoms with van der Waals surface area (Å²) in [6.45, 7) is 4.94. The number of benzene rings is 1. The van der Waals surface area contributed by atoms with Crippen molar-refractivity contribution in [1.82, 2.24) is 0 Å². The lowest BCUT2D eigenvalue weighted by Crippen LogP contribution is -2.00. The molecular formula is C12H16BrClO3S. The van der Waals surface area contributed by atoms with E-state index in [1.54, 1.807) is 6.07 Å². The fourth-order valence-electron chi connectivity index (χ4n) is 1.42. The van der Waals surface area contributed by atoms with Crippen molar-refractivity contribution in [2.24, 2.45) is 5.92 Å². The van der Waals surface area contributed by atoms with Gasteiger partial charge in [-0.1, -0.05) is 13.8 Å². The van der Waals surface area contributed by atoms with Crippen LogP contribution in [0.1, 0.15) is 26.7 Å². The molecule has 0 saturated carbocycles. The Labute approximate surface area is 121 Å². The maximum absolute atomic E-state index is 11.1. The van der Waals surface area contributed by atoms with E-state index in [2.05, 4.69) is 29.8 Å². The molecule has 0 aliphatic heterocycles. The van der Waals surface area contributed by atoms with Crippen LogP contribution in [0.2, 0.25) is 0 Å². The summed E-state index contributed by atoms with van der Waals surface area (Å²) in [7, 11) is 1.56. The standard InChI is InChI=1S/C12H16BrClO3S/c1-9(2)4-3-7-17-12-6-5-10(8-11(12)13)18(14,15)16/h5-6,8-9H,3-4,7H2,1-2H3. The van der Waals surface area contributed by atoms with Crippen molar-refractivity contribution in [3.63, 3.8) is 0 Å². The number of rotatable bonds is 6. The Morgan fingerprint density at radius 3 is 2.56 bits per heavy atom. The van der Waals surface area contributed by atoms with Crippen LogP contribution >= 0.6 is 26.6 Å². The van der Waals surface area contributed by atoms with Crippen molar-refractivity contribution in [1.29, 1.82) is 0 Å². The lowest BCUT2D eigenvalue weighted by molar-refractivity contribution is 0.296. The molecule has 102 valence electrons. The molecule has 0 radical (unpaired) electrons. The minimum absolute atomic E-state index is 0.0607. The van der Waals surface area contributed by atoms with E-state index in [9.17, 15) is 8.42 Å². The molecule has 1 aromatic rings. The fourth-order valence-corrected chi connectivity index (χ4v) is 2.85. The molecule has 1 aromatic carbocycles. The highest BCUT2D eigenvalue weighted by atomic mass is 79.9. The number of hydrogen-bond donors (Lipinski definition) is 0. The van der Waals surface area contributed by atoms with Crippen LogP contribution in [0, 0.1) is 5.92 Å². The van der Waals surface area contributed by atoms with Gasteiger partial charge in [0.1, 0.15) is 5.75 Å². The van der Waals surface area contributed by atoms with Crippen molar-refractivity contribution >= 4 is 35.7 Å². The Balaban J connectivity index is 2.64. The van der Waals surface area contributed by atoms with Crippen molar-refractivity contribution in [2.75, 3.05) is 6.61 Å². The second-order valence-corrected chi connectivity index (χ2v) is 7.83. The van der Waals surface area contributed by atoms with Crippen molar-refractivity contribution < 1.29 is 13.2 Å². The predicted octanol–water partition coefficient (Wildman–Crippen LogP) is 4.19. The zero-order valence-electron chi connectivity index (χ0n) is 10.3. The zero-order chi connectivity index (χ0) is 13.8. The van der Waals surface area contributed by atoms with E-state index in [1.165, 1.54) is 12.1 Å². The Bertz CT molecular complexity index is 500. The van der Waals surface area contributed by atoms with Gasteiger partial charge < -0.3 is 4.74 Å². The molecule has 0 N–H and O–H groups in total. The third-order valence-corrected chi connectivity index (χ3v) is 4.34. The van der Waals surface area contributed by atoms with Crippen LogP contribution in [0.5, 0.6) is 5.75 Å². The molecule has 0 aliphatic rings. The van der Waals surface area contributed by atoms with Crippen molar-refractivity contribution in [2.45, 2.75) is 31.6 Å². The lowest BCUT2D eigenvalue weighted by Gasteiger charge is -2.09. The van der Waals surface area contributed by atoms with E-state index in [0.717, 1.165) is 12.8 Å². The summed E-state index contributed by atoms with van der Waals surface area (Å²) in [6, 6.07) is 4.49. The van der Waals surface area contributed by atoms with Gasteiger partial charge in [0.05, 0.1) is 16.0 Å². The van der Waals surface area contributed by atoms with Gasteiger partial charge in [-0.3, -0.25) is 0 Å². The molecule has 0 bridgehead atoms. The van der Waals surface area contributed by atoms with Gasteiger partial charge >= 0.3 is 0 Å². The Morgan fingerprint density at radius 1 is 1.39 bits per heavy atom. The average molecular weight is 356 g/mol. The molecule has 6 heteroatoms. The highest BCUT2D eigenvalue weighted by Crippen LogP contribution is 2.29. The second kappa shape index (κ2) is 6.78. The molecule has 0 spiro atoms. The minimum Gasteiger partial charge on any atom is -0.492 e. The molecule has 0 heterocycles. The van der Waals surface area contributed by atoms with Crippen LogP contribution in [0.15, 0.2) is 27.6 Å². The van der Waals surface area contributed by atoms with Gasteiger partial charge in [0.25, 0.3) is 9.05 Å². The van der Waals surface area contributed by atoms with E-state index >= 15 is 0 Å². The molecule has 1 rings (SSSR count). The van der Waals surface area contributed by atoms with Crippen molar-refractivity contribution in [3.05, 3.63) is 22.7 Å². The van der Waals surface area contributed by atoms with Gasteiger partial charge in [-0.2, -0.15) is 0 Å². The fraction of sp³-hybridized carbons (Fsp3) is 0.500. The third kappa shape index (κ3) is 5.16. The second-order valence-electron chi connectivity index (χ2n) is 4.41. The quantitative estimate of drug-likeness (QED) is 0.567. The summed E-state index contributed by atoms with van der Waals surface area (Å²) in [5.41, 5.74) is 0. The topological polar surface area (TPSA) is 43.4 Å². The van der Waals surface area contributed by atoms with Crippen LogP contribution in [-0.2, 0) is 9.05 Å². The first-order valence-electron chi connectivity index (χ1n) is 5.67. The SMILES string of the molecule is CC(C)CCCOc1ccc(S(=O)(=O)Cl)cc1Br. The first kappa shape index (κ1) is 15.8.